The van der Waals surface area contributed by atoms with E-state index < -0.39 is 24.3 Å². The highest BCUT2D eigenvalue weighted by Gasteiger charge is 2.21. The minimum atomic E-state index is -0.834. The number of hydrogen-bond acceptors (Lipinski definition) is 21. The number of nitrogens with one attached hydrogen (secondary N) is 7. The number of carbonyl (C=O) groups excluding carboxylic acids is 7. The number of amides is 7. The van der Waals surface area contributed by atoms with Crippen molar-refractivity contribution in [2.24, 2.45) is 0 Å². The molecule has 0 aromatic heterocycles. The Morgan fingerprint density at radius 3 is 0.908 bits per heavy atom. The first-order chi connectivity index (χ1) is 48.2. The molecule has 0 heterocycles. The van der Waals surface area contributed by atoms with Crippen LogP contribution in [0.25, 0.3) is 0 Å². The van der Waals surface area contributed by atoms with Gasteiger partial charge in [-0.1, -0.05) is 97.4 Å². The summed E-state index contributed by atoms with van der Waals surface area (Å²) >= 11 is 0. The van der Waals surface area contributed by atoms with Gasteiger partial charge in [-0.25, -0.2) is 14.4 Å². The van der Waals surface area contributed by atoms with Crippen molar-refractivity contribution in [3.05, 3.63) is 108 Å². The number of benzene rings is 3. The Labute approximate surface area is 578 Å². The average molecular weight is 1390 g/mol. The highest BCUT2D eigenvalue weighted by Crippen LogP contribution is 2.07. The fourth-order valence-electron chi connectivity index (χ4n) is 8.54. The van der Waals surface area contributed by atoms with Crippen LogP contribution in [0.15, 0.2) is 91.0 Å². The maximum Gasteiger partial charge on any atom is 0.408 e. The molecule has 1 atom stereocenters. The second-order valence-electron chi connectivity index (χ2n) is 22.0. The lowest BCUT2D eigenvalue weighted by atomic mass is 10.1. The molecule has 0 radical (unpaired) electrons. The second kappa shape index (κ2) is 63.4. The molecule has 0 bridgehead atoms. The monoisotopic (exact) mass is 1390 g/mol. The van der Waals surface area contributed by atoms with Crippen molar-refractivity contribution in [2.45, 2.75) is 109 Å². The van der Waals surface area contributed by atoms with Gasteiger partial charge in [0.2, 0.25) is 23.6 Å². The molecule has 0 saturated heterocycles. The minimum Gasteiger partial charge on any atom is -0.445 e. The van der Waals surface area contributed by atoms with E-state index in [0.717, 1.165) is 36.0 Å². The number of hydrogen-bond donors (Lipinski definition) is 7. The fourth-order valence-corrected chi connectivity index (χ4v) is 8.54. The van der Waals surface area contributed by atoms with E-state index in [4.69, 9.17) is 66.3 Å². The molecule has 0 saturated carbocycles. The molecular weight excluding hydrogens is 1270 g/mol. The standard InChI is InChI=1S/C70H111N7O21/c78-64(26-11-4-13-29-75-68(82)96-57-60-19-5-1-6-20-60)71-31-15-35-85-41-47-91-48-42-86-36-16-32-72-65(79)27-39-89-45-51-93-53-55-95-56-54-94-52-46-90-40-28-66(80)73-33-17-37-87-43-49-92-50-44-88-38-18-34-74-67(81)63(77-70(84)98-59-62-23-9-3-10-24-62)25-12-14-30-76-69(83)97-58-61-21-7-2-8-22-61/h1-3,5-10,19-24,63H,4,11-18,25-59H2,(H,71,78)(H,72,79)(H,73,80)(H,74,81)(H,75,82)(H,76,83)(H,77,84). The van der Waals surface area contributed by atoms with Gasteiger partial charge in [-0.2, -0.15) is 0 Å². The normalized spacial score (nSPS) is 11.3. The van der Waals surface area contributed by atoms with Gasteiger partial charge < -0.3 is 104 Å². The van der Waals surface area contributed by atoms with E-state index in [-0.39, 0.29) is 62.9 Å². The van der Waals surface area contributed by atoms with Gasteiger partial charge in [-0.3, -0.25) is 19.2 Å². The molecule has 1 unspecified atom stereocenters. The third kappa shape index (κ3) is 53.9. The van der Waals surface area contributed by atoms with Crippen LogP contribution in [0.4, 0.5) is 14.4 Å². The van der Waals surface area contributed by atoms with E-state index in [9.17, 15) is 33.6 Å². The molecule has 0 aliphatic rings. The highest BCUT2D eigenvalue weighted by molar-refractivity contribution is 5.85. The van der Waals surface area contributed by atoms with E-state index in [2.05, 4.69) is 37.2 Å². The first-order valence-electron chi connectivity index (χ1n) is 34.5. The molecule has 0 aliphatic carbocycles. The molecule has 98 heavy (non-hydrogen) atoms. The van der Waals surface area contributed by atoms with Gasteiger partial charge >= 0.3 is 18.3 Å². The molecule has 0 spiro atoms. The molecule has 3 aromatic rings. The Morgan fingerprint density at radius 1 is 0.265 bits per heavy atom. The Bertz CT molecular complexity index is 2450. The third-order valence-electron chi connectivity index (χ3n) is 13.8. The van der Waals surface area contributed by atoms with Crippen LogP contribution in [0.3, 0.4) is 0 Å². The van der Waals surface area contributed by atoms with Crippen LogP contribution in [0.5, 0.6) is 0 Å². The minimum absolute atomic E-state index is 0.00807. The number of alkyl carbamates (subject to hydrolysis) is 3. The van der Waals surface area contributed by atoms with E-state index in [0.29, 0.717) is 229 Å². The summed E-state index contributed by atoms with van der Waals surface area (Å²) in [6, 6.07) is 27.3. The molecule has 3 aromatic carbocycles. The first-order valence-corrected chi connectivity index (χ1v) is 34.5. The zero-order valence-corrected chi connectivity index (χ0v) is 57.4. The molecule has 7 amide bonds. The molecule has 28 nitrogen and oxygen atoms in total. The van der Waals surface area contributed by atoms with Gasteiger partial charge in [0.25, 0.3) is 0 Å². The number of carbonyl (C=O) groups is 7. The summed E-state index contributed by atoms with van der Waals surface area (Å²) in [5.41, 5.74) is 2.64. The SMILES string of the molecule is O=C(CCCCCNC(=O)OCc1ccccc1)NCCCOCCOCCOCCCNC(=O)CCOCCOCCOCCOCCOCCC(=O)NCCCOCCOCCOCCCNC(=O)C(CCCCNC(=O)OCc1ccccc1)NC(=O)OCc1ccccc1. The highest BCUT2D eigenvalue weighted by atomic mass is 16.6. The van der Waals surface area contributed by atoms with Gasteiger partial charge in [-0.05, 0) is 74.5 Å². The average Bonchev–Trinajstić information content (AvgIpc) is 1.35. The summed E-state index contributed by atoms with van der Waals surface area (Å²) in [6.45, 7) is 12.1. The lowest BCUT2D eigenvalue weighted by Crippen LogP contribution is -2.47. The van der Waals surface area contributed by atoms with E-state index in [1.807, 2.05) is 91.0 Å². The summed E-state index contributed by atoms with van der Waals surface area (Å²) in [6.07, 6.45) is 5.67. The maximum atomic E-state index is 13.1. The van der Waals surface area contributed by atoms with Crippen molar-refractivity contribution in [3.63, 3.8) is 0 Å². The Balaban J connectivity index is 0.956. The molecule has 3 rings (SSSR count). The van der Waals surface area contributed by atoms with Crippen LogP contribution < -0.4 is 37.2 Å². The quantitative estimate of drug-likeness (QED) is 0.0257. The van der Waals surface area contributed by atoms with Crippen LogP contribution in [-0.4, -0.2) is 233 Å². The largest absolute Gasteiger partial charge is 0.445 e. The summed E-state index contributed by atoms with van der Waals surface area (Å²) in [5, 5.41) is 19.6. The lowest BCUT2D eigenvalue weighted by molar-refractivity contribution is -0.123. The molecule has 0 aliphatic heterocycles. The van der Waals surface area contributed by atoms with Crippen LogP contribution in [0.2, 0.25) is 0 Å². The smallest absolute Gasteiger partial charge is 0.408 e. The summed E-state index contributed by atoms with van der Waals surface area (Å²) in [4.78, 5) is 85.9. The topological polar surface area (TPSA) is 333 Å². The first kappa shape index (κ1) is 85.1. The van der Waals surface area contributed by atoms with E-state index in [1.54, 1.807) is 0 Å². The molecule has 0 fully saturated rings. The maximum absolute atomic E-state index is 13.1. The fraction of sp³-hybridized carbons (Fsp3) is 0.643. The second-order valence-corrected chi connectivity index (χ2v) is 22.0. The van der Waals surface area contributed by atoms with Crippen LogP contribution in [0, 0.1) is 0 Å². The lowest BCUT2D eigenvalue weighted by Gasteiger charge is -2.18. The van der Waals surface area contributed by atoms with E-state index >= 15 is 0 Å². The van der Waals surface area contributed by atoms with Gasteiger partial charge in [0.05, 0.1) is 119 Å². The van der Waals surface area contributed by atoms with Crippen molar-refractivity contribution in [2.75, 3.05) is 185 Å². The van der Waals surface area contributed by atoms with Crippen molar-refractivity contribution >= 4 is 41.9 Å². The Hall–Kier alpha value is -7.09. The Morgan fingerprint density at radius 2 is 0.551 bits per heavy atom. The predicted octanol–water partition coefficient (Wildman–Crippen LogP) is 5.85. The van der Waals surface area contributed by atoms with Crippen LogP contribution in [-0.2, 0) is 105 Å². The summed E-state index contributed by atoms with van der Waals surface area (Å²) in [7, 11) is 0. The van der Waals surface area contributed by atoms with Crippen LogP contribution in [0.1, 0.15) is 100 Å². The van der Waals surface area contributed by atoms with Gasteiger partial charge in [-0.15, -0.1) is 0 Å². The zero-order chi connectivity index (χ0) is 69.9. The molecule has 28 heteroatoms. The van der Waals surface area contributed by atoms with Crippen molar-refractivity contribution < 1.29 is 99.9 Å². The molecule has 7 N–H and O–H groups in total. The predicted molar refractivity (Wildman–Crippen MR) is 364 cm³/mol. The molecular formula is C70H111N7O21. The number of ether oxygens (including phenoxy) is 14. The van der Waals surface area contributed by atoms with Crippen molar-refractivity contribution in [3.8, 4) is 0 Å². The number of rotatable bonds is 65. The number of unbranched alkanes of at least 4 members (excludes halogenated alkanes) is 3. The van der Waals surface area contributed by atoms with Gasteiger partial charge in [0, 0.05) is 85.0 Å². The zero-order valence-electron chi connectivity index (χ0n) is 57.4. The van der Waals surface area contributed by atoms with Crippen molar-refractivity contribution in [1.29, 1.82) is 0 Å². The van der Waals surface area contributed by atoms with Gasteiger partial charge in [0.15, 0.2) is 0 Å². The van der Waals surface area contributed by atoms with Crippen molar-refractivity contribution in [1.82, 2.24) is 37.2 Å². The third-order valence-corrected chi connectivity index (χ3v) is 13.8. The van der Waals surface area contributed by atoms with Crippen LogP contribution >= 0.6 is 0 Å². The summed E-state index contributed by atoms with van der Waals surface area (Å²) < 4.78 is 76.8. The van der Waals surface area contributed by atoms with E-state index in [1.165, 1.54) is 0 Å². The van der Waals surface area contributed by atoms with Gasteiger partial charge in [0.1, 0.15) is 25.9 Å². The summed E-state index contributed by atoms with van der Waals surface area (Å²) in [5.74, 6) is -0.529. The Kier molecular flexibility index (Phi) is 55.0. The molecule has 552 valence electrons.